The lowest BCUT2D eigenvalue weighted by molar-refractivity contribution is 0.1000. The van der Waals surface area contributed by atoms with Gasteiger partial charge in [-0.1, -0.05) is 0 Å². The van der Waals surface area contributed by atoms with Crippen molar-refractivity contribution in [1.29, 1.82) is 0 Å². The Morgan fingerprint density at radius 3 is 2.21 bits per heavy atom. The molecular weight excluding hydrogens is 225 g/mol. The van der Waals surface area contributed by atoms with E-state index in [1.807, 2.05) is 19.0 Å². The predicted molar refractivity (Wildman–Crippen MR) is 61.6 cm³/mol. The maximum atomic E-state index is 10.7. The zero-order valence-electron chi connectivity index (χ0n) is 7.93. The lowest BCUT2D eigenvalue weighted by Gasteiger charge is -2.10. The van der Waals surface area contributed by atoms with E-state index in [2.05, 4.69) is 4.98 Å². The Bertz CT molecular complexity index is 287. The van der Waals surface area contributed by atoms with Crippen LogP contribution in [0.5, 0.6) is 0 Å². The first-order valence-electron chi connectivity index (χ1n) is 3.54. The van der Waals surface area contributed by atoms with E-state index in [1.54, 1.807) is 12.1 Å². The number of nitrogens with two attached hydrogens (primary N) is 1. The summed E-state index contributed by atoms with van der Waals surface area (Å²) >= 11 is 0. The van der Waals surface area contributed by atoms with E-state index in [4.69, 9.17) is 5.73 Å². The van der Waals surface area contributed by atoms with E-state index in [9.17, 15) is 4.79 Å². The molecule has 0 atom stereocenters. The van der Waals surface area contributed by atoms with E-state index >= 15 is 0 Å². The van der Waals surface area contributed by atoms with Crippen molar-refractivity contribution < 1.29 is 4.79 Å². The number of nitrogens with zero attached hydrogens (tertiary/aromatic N) is 2. The summed E-state index contributed by atoms with van der Waals surface area (Å²) in [5.74, 6) is 0.354. The van der Waals surface area contributed by atoms with Crippen LogP contribution < -0.4 is 10.6 Å². The number of carbonyl (C=O) groups is 1. The van der Waals surface area contributed by atoms with E-state index < -0.39 is 5.91 Å². The Hall–Kier alpha value is -1.000. The number of aromatic nitrogens is 1. The molecule has 0 aliphatic heterocycles. The fourth-order valence-electron chi connectivity index (χ4n) is 0.796. The molecule has 0 radical (unpaired) electrons. The smallest absolute Gasteiger partial charge is 0.250 e. The number of amides is 1. The normalized spacial score (nSPS) is 8.14. The molecule has 0 saturated heterocycles. The minimum absolute atomic E-state index is 0. The van der Waals surface area contributed by atoms with Gasteiger partial charge in [0.2, 0.25) is 5.91 Å². The first-order chi connectivity index (χ1) is 5.61. The predicted octanol–water partition coefficient (Wildman–Crippen LogP) is 1.09. The number of halogens is 2. The van der Waals surface area contributed by atoms with Gasteiger partial charge in [-0.3, -0.25) is 4.79 Å². The van der Waals surface area contributed by atoms with Crippen molar-refractivity contribution >= 4 is 36.5 Å². The molecule has 0 unspecified atom stereocenters. The first kappa shape index (κ1) is 15.5. The van der Waals surface area contributed by atoms with Gasteiger partial charge >= 0.3 is 0 Å². The number of primary amides is 1. The largest absolute Gasteiger partial charge is 0.366 e. The zero-order chi connectivity index (χ0) is 9.14. The SMILES string of the molecule is CN(C)c1ccc(C(N)=O)cn1.Cl.Cl. The average molecular weight is 238 g/mol. The Kier molecular flexibility index (Phi) is 7.13. The molecule has 1 rings (SSSR count). The molecule has 1 amide bonds. The van der Waals surface area contributed by atoms with Crippen molar-refractivity contribution in [3.05, 3.63) is 23.9 Å². The number of hydrogen-bond donors (Lipinski definition) is 1. The summed E-state index contributed by atoms with van der Waals surface area (Å²) in [6.45, 7) is 0. The van der Waals surface area contributed by atoms with Crippen LogP contribution in [-0.4, -0.2) is 25.0 Å². The van der Waals surface area contributed by atoms with Gasteiger partial charge in [0, 0.05) is 20.3 Å². The van der Waals surface area contributed by atoms with Gasteiger partial charge in [0.1, 0.15) is 5.82 Å². The minimum Gasteiger partial charge on any atom is -0.366 e. The van der Waals surface area contributed by atoms with Crippen molar-refractivity contribution in [3.8, 4) is 0 Å². The summed E-state index contributed by atoms with van der Waals surface area (Å²) in [6.07, 6.45) is 1.47. The van der Waals surface area contributed by atoms with Crippen LogP contribution in [0.3, 0.4) is 0 Å². The molecule has 0 bridgehead atoms. The van der Waals surface area contributed by atoms with Crippen molar-refractivity contribution in [2.45, 2.75) is 0 Å². The Labute approximate surface area is 95.3 Å². The lowest BCUT2D eigenvalue weighted by atomic mass is 10.3. The van der Waals surface area contributed by atoms with E-state index in [1.165, 1.54) is 6.20 Å². The summed E-state index contributed by atoms with van der Waals surface area (Å²) in [5.41, 5.74) is 5.48. The molecule has 0 aliphatic rings. The second-order valence-corrected chi connectivity index (χ2v) is 2.66. The van der Waals surface area contributed by atoms with Gasteiger partial charge in [-0.25, -0.2) is 4.98 Å². The summed E-state index contributed by atoms with van der Waals surface area (Å²) in [5, 5.41) is 0. The molecule has 0 aliphatic carbocycles. The molecule has 1 aromatic rings. The second kappa shape index (κ2) is 6.45. The molecular formula is C8H13Cl2N3O. The monoisotopic (exact) mass is 237 g/mol. The van der Waals surface area contributed by atoms with Gasteiger partial charge in [0.05, 0.1) is 5.56 Å². The van der Waals surface area contributed by atoms with Gasteiger partial charge < -0.3 is 10.6 Å². The molecule has 2 N–H and O–H groups in total. The summed E-state index contributed by atoms with van der Waals surface area (Å²) in [4.78, 5) is 16.5. The van der Waals surface area contributed by atoms with Crippen LogP contribution in [0.2, 0.25) is 0 Å². The molecule has 0 spiro atoms. The summed E-state index contributed by atoms with van der Waals surface area (Å²) < 4.78 is 0. The Morgan fingerprint density at radius 2 is 1.93 bits per heavy atom. The van der Waals surface area contributed by atoms with E-state index in [0.29, 0.717) is 5.56 Å². The fraction of sp³-hybridized carbons (Fsp3) is 0.250. The highest BCUT2D eigenvalue weighted by atomic mass is 35.5. The minimum atomic E-state index is -0.451. The third-order valence-corrected chi connectivity index (χ3v) is 1.49. The molecule has 0 aromatic carbocycles. The van der Waals surface area contributed by atoms with Gasteiger partial charge in [-0.2, -0.15) is 0 Å². The summed E-state index contributed by atoms with van der Waals surface area (Å²) in [6, 6.07) is 3.41. The van der Waals surface area contributed by atoms with Crippen LogP contribution in [0.4, 0.5) is 5.82 Å². The van der Waals surface area contributed by atoms with Crippen molar-refractivity contribution in [2.24, 2.45) is 5.73 Å². The summed E-state index contributed by atoms with van der Waals surface area (Å²) in [7, 11) is 3.76. The van der Waals surface area contributed by atoms with Gasteiger partial charge in [-0.15, -0.1) is 24.8 Å². The van der Waals surface area contributed by atoms with E-state index in [-0.39, 0.29) is 24.8 Å². The van der Waals surface area contributed by atoms with Crippen molar-refractivity contribution in [3.63, 3.8) is 0 Å². The maximum absolute atomic E-state index is 10.7. The molecule has 0 fully saturated rings. The molecule has 1 aromatic heterocycles. The van der Waals surface area contributed by atoms with Crippen LogP contribution in [0.25, 0.3) is 0 Å². The standard InChI is InChI=1S/C8H11N3O.2ClH/c1-11(2)7-4-3-6(5-10-7)8(9)12;;/h3-5H,1-2H3,(H2,9,12);2*1H. The first-order valence-corrected chi connectivity index (χ1v) is 3.54. The molecule has 4 nitrogen and oxygen atoms in total. The number of carbonyl (C=O) groups excluding carboxylic acids is 1. The van der Waals surface area contributed by atoms with Gasteiger partial charge in [-0.05, 0) is 12.1 Å². The van der Waals surface area contributed by atoms with Crippen LogP contribution in [0, 0.1) is 0 Å². The quantitative estimate of drug-likeness (QED) is 0.838. The molecule has 6 heteroatoms. The molecule has 0 saturated carbocycles. The van der Waals surface area contributed by atoms with Gasteiger partial charge in [0.25, 0.3) is 0 Å². The Balaban J connectivity index is 0. The Morgan fingerprint density at radius 1 is 1.36 bits per heavy atom. The number of pyridine rings is 1. The highest BCUT2D eigenvalue weighted by Crippen LogP contribution is 2.06. The average Bonchev–Trinajstić information content (AvgIpc) is 2.04. The highest BCUT2D eigenvalue weighted by molar-refractivity contribution is 5.92. The zero-order valence-corrected chi connectivity index (χ0v) is 9.56. The second-order valence-electron chi connectivity index (χ2n) is 2.66. The molecule has 1 heterocycles. The van der Waals surface area contributed by atoms with E-state index in [0.717, 1.165) is 5.82 Å². The fourth-order valence-corrected chi connectivity index (χ4v) is 0.796. The van der Waals surface area contributed by atoms with Gasteiger partial charge in [0.15, 0.2) is 0 Å². The lowest BCUT2D eigenvalue weighted by Crippen LogP contribution is -2.14. The van der Waals surface area contributed by atoms with Crippen LogP contribution in [-0.2, 0) is 0 Å². The number of rotatable bonds is 2. The van der Waals surface area contributed by atoms with Crippen LogP contribution >= 0.6 is 24.8 Å². The number of anilines is 1. The third kappa shape index (κ3) is 3.81. The number of hydrogen-bond acceptors (Lipinski definition) is 3. The third-order valence-electron chi connectivity index (χ3n) is 1.49. The van der Waals surface area contributed by atoms with Crippen LogP contribution in [0.15, 0.2) is 18.3 Å². The van der Waals surface area contributed by atoms with Crippen LogP contribution in [0.1, 0.15) is 10.4 Å². The molecule has 14 heavy (non-hydrogen) atoms. The van der Waals surface area contributed by atoms with Crippen molar-refractivity contribution in [1.82, 2.24) is 4.98 Å². The van der Waals surface area contributed by atoms with Crippen molar-refractivity contribution in [2.75, 3.05) is 19.0 Å². The highest BCUT2D eigenvalue weighted by Gasteiger charge is 2.00. The maximum Gasteiger partial charge on any atom is 0.250 e. The molecule has 80 valence electrons. The topological polar surface area (TPSA) is 59.2 Å².